The van der Waals surface area contributed by atoms with Crippen LogP contribution in [0.2, 0.25) is 10.0 Å². The van der Waals surface area contributed by atoms with E-state index in [0.717, 1.165) is 38.5 Å². The number of hydrogen-bond acceptors (Lipinski definition) is 4. The number of sulfonamides is 1. The summed E-state index contributed by atoms with van der Waals surface area (Å²) in [4.78, 5) is 13.0. The van der Waals surface area contributed by atoms with Crippen LogP contribution in [0.4, 0.5) is 5.69 Å². The molecule has 1 heterocycles. The van der Waals surface area contributed by atoms with Gasteiger partial charge in [-0.2, -0.15) is 4.31 Å². The Morgan fingerprint density at radius 3 is 2.33 bits per heavy atom. The Kier molecular flexibility index (Phi) is 10.9. The van der Waals surface area contributed by atoms with E-state index >= 15 is 0 Å². The van der Waals surface area contributed by atoms with Gasteiger partial charge in [-0.15, -0.1) is 0 Å². The summed E-state index contributed by atoms with van der Waals surface area (Å²) in [5, 5.41) is 3.32. The van der Waals surface area contributed by atoms with Crippen LogP contribution < -0.4 is 10.1 Å². The van der Waals surface area contributed by atoms with Crippen molar-refractivity contribution in [1.29, 1.82) is 0 Å². The van der Waals surface area contributed by atoms with Crippen molar-refractivity contribution >= 4 is 44.8 Å². The average Bonchev–Trinajstić information content (AvgIpc) is 2.87. The standard InChI is InChI=1S/C27H36Cl2N2O4S/c1-3-5-6-7-10-17-35-26-24(28)18-20(19-25(26)29)27(32)30-21-12-14-23(15-13-21)36(33,34)31-16-9-8-11-22(31)4-2/h12-15,18-19,22H,3-11,16-17H2,1-2H3,(H,30,32). The monoisotopic (exact) mass is 554 g/mol. The highest BCUT2D eigenvalue weighted by molar-refractivity contribution is 7.89. The molecule has 1 aliphatic rings. The number of benzene rings is 2. The first-order chi connectivity index (χ1) is 17.3. The van der Waals surface area contributed by atoms with Crippen molar-refractivity contribution in [3.8, 4) is 5.75 Å². The summed E-state index contributed by atoms with van der Waals surface area (Å²) >= 11 is 12.7. The van der Waals surface area contributed by atoms with Gasteiger partial charge in [-0.05, 0) is 62.1 Å². The van der Waals surface area contributed by atoms with Gasteiger partial charge in [0.25, 0.3) is 5.91 Å². The third-order valence-electron chi connectivity index (χ3n) is 6.52. The van der Waals surface area contributed by atoms with Gasteiger partial charge in [0.05, 0.1) is 21.5 Å². The van der Waals surface area contributed by atoms with Crippen LogP contribution in [-0.2, 0) is 10.0 Å². The molecule has 2 aromatic rings. The zero-order valence-corrected chi connectivity index (χ0v) is 23.4. The van der Waals surface area contributed by atoms with Gasteiger partial charge in [-0.3, -0.25) is 4.79 Å². The van der Waals surface area contributed by atoms with E-state index in [2.05, 4.69) is 12.2 Å². The van der Waals surface area contributed by atoms with E-state index in [9.17, 15) is 13.2 Å². The Morgan fingerprint density at radius 2 is 1.69 bits per heavy atom. The fraction of sp³-hybridized carbons (Fsp3) is 0.519. The minimum Gasteiger partial charge on any atom is -0.490 e. The summed E-state index contributed by atoms with van der Waals surface area (Å²) in [6.07, 6.45) is 9.17. The maximum absolute atomic E-state index is 13.2. The van der Waals surface area contributed by atoms with E-state index in [0.29, 0.717) is 24.6 Å². The second-order valence-electron chi connectivity index (χ2n) is 9.18. The number of hydrogen-bond donors (Lipinski definition) is 1. The van der Waals surface area contributed by atoms with E-state index in [1.54, 1.807) is 16.4 Å². The van der Waals surface area contributed by atoms with E-state index < -0.39 is 15.9 Å². The molecule has 1 aliphatic heterocycles. The molecular formula is C27H36Cl2N2O4S. The normalized spacial score (nSPS) is 16.6. The molecule has 1 unspecified atom stereocenters. The third kappa shape index (κ3) is 7.37. The predicted octanol–water partition coefficient (Wildman–Crippen LogP) is 7.55. The summed E-state index contributed by atoms with van der Waals surface area (Å²) in [6, 6.07) is 9.33. The highest BCUT2D eigenvalue weighted by Gasteiger charge is 2.32. The van der Waals surface area contributed by atoms with Crippen molar-refractivity contribution in [3.05, 3.63) is 52.0 Å². The lowest BCUT2D eigenvalue weighted by Crippen LogP contribution is -2.43. The first kappa shape index (κ1) is 28.8. The second-order valence-corrected chi connectivity index (χ2v) is 11.9. The SMILES string of the molecule is CCCCCCCOc1c(Cl)cc(C(=O)Nc2ccc(S(=O)(=O)N3CCCCC3CC)cc2)cc1Cl. The highest BCUT2D eigenvalue weighted by Crippen LogP contribution is 2.35. The molecule has 1 amide bonds. The van der Waals surface area contributed by atoms with Crippen LogP contribution in [0.25, 0.3) is 0 Å². The fourth-order valence-electron chi connectivity index (χ4n) is 4.46. The molecule has 1 N–H and O–H groups in total. The van der Waals surface area contributed by atoms with Crippen molar-refractivity contribution in [2.45, 2.75) is 82.6 Å². The Labute approximate surface area is 225 Å². The Balaban J connectivity index is 1.63. The lowest BCUT2D eigenvalue weighted by molar-refractivity contribution is 0.102. The molecule has 2 aromatic carbocycles. The van der Waals surface area contributed by atoms with Crippen LogP contribution in [0.5, 0.6) is 5.75 Å². The van der Waals surface area contributed by atoms with Crippen molar-refractivity contribution in [1.82, 2.24) is 4.31 Å². The van der Waals surface area contributed by atoms with E-state index in [4.69, 9.17) is 27.9 Å². The van der Waals surface area contributed by atoms with Gasteiger partial charge in [0.15, 0.2) is 5.75 Å². The van der Waals surface area contributed by atoms with Crippen LogP contribution in [-0.4, -0.2) is 37.8 Å². The molecule has 0 saturated carbocycles. The topological polar surface area (TPSA) is 75.7 Å². The molecule has 36 heavy (non-hydrogen) atoms. The van der Waals surface area contributed by atoms with Crippen molar-refractivity contribution < 1.29 is 17.9 Å². The summed E-state index contributed by atoms with van der Waals surface area (Å²) in [6.45, 7) is 5.24. The average molecular weight is 556 g/mol. The van der Waals surface area contributed by atoms with Crippen LogP contribution in [0.3, 0.4) is 0 Å². The third-order valence-corrected chi connectivity index (χ3v) is 9.05. The smallest absolute Gasteiger partial charge is 0.255 e. The molecule has 9 heteroatoms. The van der Waals surface area contributed by atoms with Gasteiger partial charge < -0.3 is 10.1 Å². The molecule has 198 valence electrons. The van der Waals surface area contributed by atoms with Crippen molar-refractivity contribution in [3.63, 3.8) is 0 Å². The van der Waals surface area contributed by atoms with Crippen LogP contribution in [0, 0.1) is 0 Å². The van der Waals surface area contributed by atoms with Crippen LogP contribution >= 0.6 is 23.2 Å². The molecule has 0 aromatic heterocycles. The fourth-order valence-corrected chi connectivity index (χ4v) is 6.82. The number of nitrogens with zero attached hydrogens (tertiary/aromatic N) is 1. The van der Waals surface area contributed by atoms with E-state index in [-0.39, 0.29) is 26.5 Å². The number of ether oxygens (including phenoxy) is 1. The molecule has 0 radical (unpaired) electrons. The molecule has 3 rings (SSSR count). The van der Waals surface area contributed by atoms with Gasteiger partial charge in [-0.1, -0.05) is 69.2 Å². The molecule has 1 saturated heterocycles. The molecule has 6 nitrogen and oxygen atoms in total. The molecule has 1 fully saturated rings. The number of carbonyl (C=O) groups is 1. The Bertz CT molecular complexity index is 1100. The Morgan fingerprint density at radius 1 is 1.03 bits per heavy atom. The maximum atomic E-state index is 13.2. The Hall–Kier alpha value is -1.80. The molecule has 0 aliphatic carbocycles. The largest absolute Gasteiger partial charge is 0.490 e. The van der Waals surface area contributed by atoms with Crippen molar-refractivity contribution in [2.75, 3.05) is 18.5 Å². The summed E-state index contributed by atoms with van der Waals surface area (Å²) in [7, 11) is -3.58. The zero-order chi connectivity index (χ0) is 26.1. The molecule has 0 bridgehead atoms. The number of piperidine rings is 1. The number of amides is 1. The number of unbranched alkanes of at least 4 members (excludes halogenated alkanes) is 4. The van der Waals surface area contributed by atoms with Gasteiger partial charge in [0, 0.05) is 23.8 Å². The summed E-state index contributed by atoms with van der Waals surface area (Å²) in [5.74, 6) is -0.0226. The lowest BCUT2D eigenvalue weighted by Gasteiger charge is -2.34. The van der Waals surface area contributed by atoms with Gasteiger partial charge in [-0.25, -0.2) is 8.42 Å². The van der Waals surface area contributed by atoms with E-state index in [1.165, 1.54) is 43.5 Å². The second kappa shape index (κ2) is 13.7. The first-order valence-corrected chi connectivity index (χ1v) is 15.0. The number of anilines is 1. The zero-order valence-electron chi connectivity index (χ0n) is 21.1. The minimum absolute atomic E-state index is 0.0330. The summed E-state index contributed by atoms with van der Waals surface area (Å²) < 4.78 is 33.7. The number of halogens is 2. The molecule has 1 atom stereocenters. The van der Waals surface area contributed by atoms with Gasteiger partial charge in [0.1, 0.15) is 0 Å². The maximum Gasteiger partial charge on any atom is 0.255 e. The summed E-state index contributed by atoms with van der Waals surface area (Å²) in [5.41, 5.74) is 0.764. The van der Waals surface area contributed by atoms with Gasteiger partial charge in [0.2, 0.25) is 10.0 Å². The number of rotatable bonds is 12. The molecule has 0 spiro atoms. The van der Waals surface area contributed by atoms with Gasteiger partial charge >= 0.3 is 0 Å². The van der Waals surface area contributed by atoms with Crippen molar-refractivity contribution in [2.24, 2.45) is 0 Å². The van der Waals surface area contributed by atoms with Crippen LogP contribution in [0.15, 0.2) is 41.3 Å². The quantitative estimate of drug-likeness (QED) is 0.275. The number of nitrogens with one attached hydrogen (secondary N) is 1. The predicted molar refractivity (Wildman–Crippen MR) is 147 cm³/mol. The lowest BCUT2D eigenvalue weighted by atomic mass is 10.0. The first-order valence-electron chi connectivity index (χ1n) is 12.8. The molecular weight excluding hydrogens is 519 g/mol. The number of carbonyl (C=O) groups excluding carboxylic acids is 1. The highest BCUT2D eigenvalue weighted by atomic mass is 35.5. The van der Waals surface area contributed by atoms with Crippen LogP contribution in [0.1, 0.15) is 82.0 Å². The van der Waals surface area contributed by atoms with E-state index in [1.807, 2.05) is 6.92 Å². The minimum atomic E-state index is -3.58.